The van der Waals surface area contributed by atoms with Gasteiger partial charge in [0.05, 0.1) is 34.3 Å². The van der Waals surface area contributed by atoms with Crippen LogP contribution in [0.3, 0.4) is 0 Å². The van der Waals surface area contributed by atoms with Gasteiger partial charge in [0.2, 0.25) is 5.91 Å². The number of aromatic nitrogens is 3. The van der Waals surface area contributed by atoms with Gasteiger partial charge in [-0.3, -0.25) is 9.59 Å². The van der Waals surface area contributed by atoms with E-state index in [1.165, 1.54) is 0 Å². The molecule has 8 heteroatoms. The van der Waals surface area contributed by atoms with E-state index in [4.69, 9.17) is 4.98 Å². The number of carbonyl (C=O) groups excluding carboxylic acids is 2. The number of carbonyl (C=O) groups is 2. The lowest BCUT2D eigenvalue weighted by molar-refractivity contribution is -0.129. The normalized spacial score (nSPS) is 11.2. The van der Waals surface area contributed by atoms with Crippen molar-refractivity contribution >= 4 is 34.2 Å². The topological polar surface area (TPSA) is 80.1 Å². The van der Waals surface area contributed by atoms with Crippen molar-refractivity contribution < 1.29 is 9.59 Å². The zero-order chi connectivity index (χ0) is 20.3. The highest BCUT2D eigenvalue weighted by Gasteiger charge is 2.20. The van der Waals surface area contributed by atoms with E-state index in [-0.39, 0.29) is 24.4 Å². The number of pyridine rings is 1. The molecule has 0 radical (unpaired) electrons. The largest absolute Gasteiger partial charge is 0.343 e. The summed E-state index contributed by atoms with van der Waals surface area (Å²) in [6.45, 7) is 9.09. The Morgan fingerprint density at radius 3 is 2.64 bits per heavy atom. The summed E-state index contributed by atoms with van der Waals surface area (Å²) < 4.78 is 1.81. The van der Waals surface area contributed by atoms with Gasteiger partial charge in [-0.15, -0.1) is 11.3 Å². The van der Waals surface area contributed by atoms with E-state index in [1.807, 2.05) is 49.9 Å². The maximum Gasteiger partial charge on any atom is 0.252 e. The first-order chi connectivity index (χ1) is 13.5. The maximum absolute atomic E-state index is 12.9. The molecule has 0 spiro atoms. The van der Waals surface area contributed by atoms with Crippen LogP contribution < -0.4 is 5.32 Å². The maximum atomic E-state index is 12.9. The molecule has 0 aromatic carbocycles. The van der Waals surface area contributed by atoms with Gasteiger partial charge in [0.1, 0.15) is 0 Å². The molecule has 28 heavy (non-hydrogen) atoms. The van der Waals surface area contributed by atoms with E-state index in [2.05, 4.69) is 10.4 Å². The molecule has 0 saturated carbocycles. The molecule has 2 amide bonds. The molecule has 0 atom stereocenters. The average molecular weight is 400 g/mol. The van der Waals surface area contributed by atoms with Crippen molar-refractivity contribution in [3.05, 3.63) is 35.3 Å². The van der Waals surface area contributed by atoms with Crippen molar-refractivity contribution in [2.24, 2.45) is 0 Å². The van der Waals surface area contributed by atoms with Gasteiger partial charge in [0, 0.05) is 19.1 Å². The number of hydrogen-bond donors (Lipinski definition) is 1. The smallest absolute Gasteiger partial charge is 0.252 e. The van der Waals surface area contributed by atoms with Crippen molar-refractivity contribution in [1.29, 1.82) is 0 Å². The highest BCUT2D eigenvalue weighted by molar-refractivity contribution is 7.13. The second-order valence-corrected chi connectivity index (χ2v) is 7.65. The summed E-state index contributed by atoms with van der Waals surface area (Å²) in [6.07, 6.45) is 1.67. The minimum Gasteiger partial charge on any atom is -0.343 e. The van der Waals surface area contributed by atoms with Gasteiger partial charge in [0.15, 0.2) is 5.65 Å². The summed E-state index contributed by atoms with van der Waals surface area (Å²) in [5.41, 5.74) is 1.87. The fourth-order valence-corrected chi connectivity index (χ4v) is 3.76. The van der Waals surface area contributed by atoms with Crippen LogP contribution in [-0.2, 0) is 4.79 Å². The first kappa shape index (κ1) is 20.0. The molecular formula is C20H25N5O2S. The molecule has 0 fully saturated rings. The number of likely N-dealkylation sites (N-methyl/N-ethyl adjacent to an activating group) is 1. The number of rotatable bonds is 7. The van der Waals surface area contributed by atoms with Crippen molar-refractivity contribution in [3.63, 3.8) is 0 Å². The summed E-state index contributed by atoms with van der Waals surface area (Å²) in [5.74, 6) is -0.394. The first-order valence-corrected chi connectivity index (χ1v) is 10.3. The van der Waals surface area contributed by atoms with E-state index < -0.39 is 0 Å². The average Bonchev–Trinajstić information content (AvgIpc) is 3.35. The van der Waals surface area contributed by atoms with E-state index >= 15 is 0 Å². The molecule has 0 bridgehead atoms. The number of fused-ring (bicyclic) bond motifs is 1. The predicted molar refractivity (Wildman–Crippen MR) is 111 cm³/mol. The third kappa shape index (κ3) is 3.91. The van der Waals surface area contributed by atoms with E-state index in [0.717, 1.165) is 10.6 Å². The molecule has 3 rings (SSSR count). The molecule has 3 heterocycles. The zero-order valence-electron chi connectivity index (χ0n) is 16.6. The zero-order valence-corrected chi connectivity index (χ0v) is 17.4. The van der Waals surface area contributed by atoms with Crippen molar-refractivity contribution in [3.8, 4) is 10.6 Å². The van der Waals surface area contributed by atoms with Crippen LogP contribution in [0.5, 0.6) is 0 Å². The molecule has 0 aliphatic carbocycles. The van der Waals surface area contributed by atoms with E-state index in [1.54, 1.807) is 28.5 Å². The minimum atomic E-state index is -0.297. The standard InChI is InChI=1S/C20H25N5O2S/c1-5-24(6-2)18(26)12-21-20(27)14-10-16(17-8-7-9-28-17)23-19-15(14)11-22-25(19)13(3)4/h7-11,13H,5-6,12H2,1-4H3,(H,21,27). The number of thiophene rings is 1. The second-order valence-electron chi connectivity index (χ2n) is 6.70. The van der Waals surface area contributed by atoms with Crippen LogP contribution in [0.4, 0.5) is 0 Å². The van der Waals surface area contributed by atoms with Gasteiger partial charge in [-0.1, -0.05) is 6.07 Å². The highest BCUT2D eigenvalue weighted by Crippen LogP contribution is 2.28. The van der Waals surface area contributed by atoms with Gasteiger partial charge >= 0.3 is 0 Å². The van der Waals surface area contributed by atoms with Crippen LogP contribution in [0.25, 0.3) is 21.6 Å². The molecule has 0 aliphatic heterocycles. The number of nitrogens with one attached hydrogen (secondary N) is 1. The summed E-state index contributed by atoms with van der Waals surface area (Å²) >= 11 is 1.57. The van der Waals surface area contributed by atoms with Gasteiger partial charge < -0.3 is 10.2 Å². The lowest BCUT2D eigenvalue weighted by atomic mass is 10.1. The molecule has 0 saturated heterocycles. The van der Waals surface area contributed by atoms with Crippen LogP contribution in [0.2, 0.25) is 0 Å². The number of hydrogen-bond acceptors (Lipinski definition) is 5. The molecular weight excluding hydrogens is 374 g/mol. The van der Waals surface area contributed by atoms with Crippen molar-refractivity contribution in [2.75, 3.05) is 19.6 Å². The third-order valence-corrected chi connectivity index (χ3v) is 5.48. The minimum absolute atomic E-state index is 0.0308. The van der Waals surface area contributed by atoms with Crippen molar-refractivity contribution in [1.82, 2.24) is 25.0 Å². The second kappa shape index (κ2) is 8.52. The van der Waals surface area contributed by atoms with Crippen LogP contribution in [-0.4, -0.2) is 51.1 Å². The number of amides is 2. The van der Waals surface area contributed by atoms with Gasteiger partial charge in [-0.2, -0.15) is 5.10 Å². The quantitative estimate of drug-likeness (QED) is 0.661. The van der Waals surface area contributed by atoms with Crippen LogP contribution >= 0.6 is 11.3 Å². The summed E-state index contributed by atoms with van der Waals surface area (Å²) in [4.78, 5) is 32.6. The molecule has 3 aromatic heterocycles. The Labute approximate surface area is 168 Å². The van der Waals surface area contributed by atoms with Gasteiger partial charge in [-0.05, 0) is 45.2 Å². The lowest BCUT2D eigenvalue weighted by Crippen LogP contribution is -2.40. The highest BCUT2D eigenvalue weighted by atomic mass is 32.1. The molecule has 148 valence electrons. The Morgan fingerprint density at radius 1 is 1.29 bits per heavy atom. The van der Waals surface area contributed by atoms with Gasteiger partial charge in [0.25, 0.3) is 5.91 Å². The molecule has 7 nitrogen and oxygen atoms in total. The summed E-state index contributed by atoms with van der Waals surface area (Å²) in [7, 11) is 0. The molecule has 3 aromatic rings. The fourth-order valence-electron chi connectivity index (χ4n) is 3.07. The Hall–Kier alpha value is -2.74. The van der Waals surface area contributed by atoms with Crippen LogP contribution in [0, 0.1) is 0 Å². The Balaban J connectivity index is 1.97. The van der Waals surface area contributed by atoms with Crippen LogP contribution in [0.1, 0.15) is 44.1 Å². The Bertz CT molecular complexity index is 974. The third-order valence-electron chi connectivity index (χ3n) is 4.59. The molecule has 1 N–H and O–H groups in total. The SMILES string of the molecule is CCN(CC)C(=O)CNC(=O)c1cc(-c2cccs2)nc2c1cnn2C(C)C. The Morgan fingerprint density at radius 2 is 2.04 bits per heavy atom. The summed E-state index contributed by atoms with van der Waals surface area (Å²) in [6, 6.07) is 5.82. The predicted octanol–water partition coefficient (Wildman–Crippen LogP) is 3.34. The van der Waals surface area contributed by atoms with Crippen LogP contribution in [0.15, 0.2) is 29.8 Å². The Kier molecular flexibility index (Phi) is 6.08. The monoisotopic (exact) mass is 399 g/mol. The fraction of sp³-hybridized carbons (Fsp3) is 0.400. The van der Waals surface area contributed by atoms with Crippen molar-refractivity contribution in [2.45, 2.75) is 33.7 Å². The van der Waals surface area contributed by atoms with E-state index in [0.29, 0.717) is 29.7 Å². The van der Waals surface area contributed by atoms with E-state index in [9.17, 15) is 9.59 Å². The molecule has 0 aliphatic rings. The first-order valence-electron chi connectivity index (χ1n) is 9.44. The summed E-state index contributed by atoms with van der Waals surface area (Å²) in [5, 5.41) is 9.83. The molecule has 0 unspecified atom stereocenters. The van der Waals surface area contributed by atoms with Gasteiger partial charge in [-0.25, -0.2) is 9.67 Å². The number of nitrogens with zero attached hydrogens (tertiary/aromatic N) is 4. The lowest BCUT2D eigenvalue weighted by Gasteiger charge is -2.18.